The second kappa shape index (κ2) is 7.45. The molecule has 2 rings (SSSR count). The number of aryl methyl sites for hydroxylation is 1. The standard InChI is InChI=1S/C17H26N2O3S/c1-10-6-11(2)8-19(7-10)9-14(20)18-16-15(17(21)22-5)12(3)13(4)23-16/h10-11H,6-9H2,1-5H3,(H,18,20)/p+1/t10-,11-/m0/s1. The number of likely N-dealkylation sites (tertiary alicyclic amines) is 1. The van der Waals surface area contributed by atoms with E-state index in [-0.39, 0.29) is 5.91 Å². The number of carbonyl (C=O) groups excluding carboxylic acids is 2. The zero-order valence-electron chi connectivity index (χ0n) is 14.6. The molecule has 6 heteroatoms. The number of esters is 1. The summed E-state index contributed by atoms with van der Waals surface area (Å²) >= 11 is 1.43. The molecule has 1 amide bonds. The first-order chi connectivity index (χ1) is 10.8. The Bertz CT molecular complexity index is 587. The molecule has 5 nitrogen and oxygen atoms in total. The van der Waals surface area contributed by atoms with E-state index in [2.05, 4.69) is 19.2 Å². The van der Waals surface area contributed by atoms with Crippen molar-refractivity contribution in [2.24, 2.45) is 11.8 Å². The number of rotatable bonds is 4. The predicted molar refractivity (Wildman–Crippen MR) is 92.3 cm³/mol. The van der Waals surface area contributed by atoms with E-state index in [1.54, 1.807) is 0 Å². The predicted octanol–water partition coefficient (Wildman–Crippen LogP) is 1.65. The Labute approximate surface area is 142 Å². The Balaban J connectivity index is 2.06. The summed E-state index contributed by atoms with van der Waals surface area (Å²) in [6.45, 7) is 10.8. The molecule has 2 atom stereocenters. The average Bonchev–Trinajstić information content (AvgIpc) is 2.71. The van der Waals surface area contributed by atoms with Crippen LogP contribution in [-0.2, 0) is 9.53 Å². The Hall–Kier alpha value is -1.40. The molecule has 23 heavy (non-hydrogen) atoms. The molecular formula is C17H27N2O3S+. The van der Waals surface area contributed by atoms with Crippen molar-refractivity contribution in [3.63, 3.8) is 0 Å². The lowest BCUT2D eigenvalue weighted by molar-refractivity contribution is -0.904. The number of thiophene rings is 1. The lowest BCUT2D eigenvalue weighted by Crippen LogP contribution is -3.15. The maximum Gasteiger partial charge on any atom is 0.341 e. The summed E-state index contributed by atoms with van der Waals surface area (Å²) < 4.78 is 4.84. The third-order valence-electron chi connectivity index (χ3n) is 4.52. The number of carbonyl (C=O) groups is 2. The molecule has 128 valence electrons. The highest BCUT2D eigenvalue weighted by atomic mass is 32.1. The molecule has 1 aromatic rings. The van der Waals surface area contributed by atoms with Gasteiger partial charge in [-0.05, 0) is 25.8 Å². The van der Waals surface area contributed by atoms with Crippen molar-refractivity contribution in [3.05, 3.63) is 16.0 Å². The van der Waals surface area contributed by atoms with Crippen molar-refractivity contribution >= 4 is 28.2 Å². The van der Waals surface area contributed by atoms with E-state index in [0.717, 1.165) is 23.5 Å². The third kappa shape index (κ3) is 4.32. The molecule has 1 fully saturated rings. The second-order valence-corrected chi connectivity index (χ2v) is 8.03. The first-order valence-electron chi connectivity index (χ1n) is 8.13. The van der Waals surface area contributed by atoms with E-state index >= 15 is 0 Å². The minimum absolute atomic E-state index is 0.0345. The van der Waals surface area contributed by atoms with Gasteiger partial charge < -0.3 is 15.0 Å². The molecule has 0 bridgehead atoms. The van der Waals surface area contributed by atoms with Crippen molar-refractivity contribution in [3.8, 4) is 0 Å². The van der Waals surface area contributed by atoms with Crippen LogP contribution in [0, 0.1) is 25.7 Å². The third-order valence-corrected chi connectivity index (χ3v) is 5.64. The molecule has 1 aromatic heterocycles. The highest BCUT2D eigenvalue weighted by Crippen LogP contribution is 2.32. The molecule has 1 saturated heterocycles. The fraction of sp³-hybridized carbons (Fsp3) is 0.647. The van der Waals surface area contributed by atoms with E-state index < -0.39 is 5.97 Å². The second-order valence-electron chi connectivity index (χ2n) is 6.81. The first kappa shape index (κ1) is 17.9. The van der Waals surface area contributed by atoms with Crippen LogP contribution in [0.2, 0.25) is 0 Å². The summed E-state index contributed by atoms with van der Waals surface area (Å²) in [6, 6.07) is 0. The minimum Gasteiger partial charge on any atom is -0.465 e. The number of amides is 1. The summed E-state index contributed by atoms with van der Waals surface area (Å²) in [5.74, 6) is 0.874. The van der Waals surface area contributed by atoms with Crippen molar-refractivity contribution in [2.45, 2.75) is 34.1 Å². The summed E-state index contributed by atoms with van der Waals surface area (Å²) in [6.07, 6.45) is 1.24. The van der Waals surface area contributed by atoms with E-state index in [1.165, 1.54) is 29.8 Å². The average molecular weight is 339 g/mol. The number of anilines is 1. The Morgan fingerprint density at radius 1 is 1.26 bits per heavy atom. The normalized spacial score (nSPS) is 24.3. The van der Waals surface area contributed by atoms with Gasteiger partial charge in [-0.1, -0.05) is 13.8 Å². The fourth-order valence-electron chi connectivity index (χ4n) is 3.53. The lowest BCUT2D eigenvalue weighted by Gasteiger charge is -2.31. The highest BCUT2D eigenvalue weighted by Gasteiger charge is 2.28. The van der Waals surface area contributed by atoms with Crippen LogP contribution in [0.15, 0.2) is 0 Å². The van der Waals surface area contributed by atoms with Crippen LogP contribution in [0.25, 0.3) is 0 Å². The topological polar surface area (TPSA) is 59.8 Å². The van der Waals surface area contributed by atoms with Crippen LogP contribution in [0.1, 0.15) is 41.1 Å². The van der Waals surface area contributed by atoms with Crippen molar-refractivity contribution in [1.29, 1.82) is 0 Å². The number of hydrogen-bond donors (Lipinski definition) is 2. The number of nitrogens with one attached hydrogen (secondary N) is 2. The molecule has 0 saturated carbocycles. The van der Waals surface area contributed by atoms with Gasteiger partial charge in [0.05, 0.1) is 25.8 Å². The van der Waals surface area contributed by atoms with E-state index in [9.17, 15) is 9.59 Å². The molecule has 2 N–H and O–H groups in total. The minimum atomic E-state index is -0.394. The van der Waals surface area contributed by atoms with Gasteiger partial charge >= 0.3 is 5.97 Å². The van der Waals surface area contributed by atoms with Crippen LogP contribution < -0.4 is 10.2 Å². The monoisotopic (exact) mass is 339 g/mol. The van der Waals surface area contributed by atoms with Gasteiger partial charge in [-0.2, -0.15) is 0 Å². The number of methoxy groups -OCH3 is 1. The zero-order valence-corrected chi connectivity index (χ0v) is 15.4. The van der Waals surface area contributed by atoms with E-state index in [0.29, 0.717) is 28.9 Å². The van der Waals surface area contributed by atoms with Gasteiger partial charge in [0.1, 0.15) is 5.00 Å². The number of ether oxygens (including phenoxy) is 1. The van der Waals surface area contributed by atoms with Crippen molar-refractivity contribution in [2.75, 3.05) is 32.1 Å². The summed E-state index contributed by atoms with van der Waals surface area (Å²) in [4.78, 5) is 26.7. The molecule has 2 heterocycles. The fourth-order valence-corrected chi connectivity index (χ4v) is 4.59. The molecule has 0 aliphatic carbocycles. The first-order valence-corrected chi connectivity index (χ1v) is 8.95. The number of piperidine rings is 1. The Kier molecular flexibility index (Phi) is 5.81. The lowest BCUT2D eigenvalue weighted by atomic mass is 9.92. The molecular weight excluding hydrogens is 312 g/mol. The van der Waals surface area contributed by atoms with Crippen LogP contribution in [0.4, 0.5) is 5.00 Å². The summed E-state index contributed by atoms with van der Waals surface area (Å²) in [5.41, 5.74) is 1.36. The zero-order chi connectivity index (χ0) is 17.1. The molecule has 1 aliphatic heterocycles. The van der Waals surface area contributed by atoms with Gasteiger partial charge in [0, 0.05) is 16.7 Å². The van der Waals surface area contributed by atoms with Gasteiger partial charge in [0.25, 0.3) is 5.91 Å². The van der Waals surface area contributed by atoms with Gasteiger partial charge in [-0.15, -0.1) is 11.3 Å². The van der Waals surface area contributed by atoms with Crippen molar-refractivity contribution < 1.29 is 19.2 Å². The molecule has 0 unspecified atom stereocenters. The van der Waals surface area contributed by atoms with Crippen molar-refractivity contribution in [1.82, 2.24) is 0 Å². The SMILES string of the molecule is COC(=O)c1c(NC(=O)C[NH+]2C[C@@H](C)C[C@H](C)C2)sc(C)c1C. The quantitative estimate of drug-likeness (QED) is 0.820. The van der Waals surface area contributed by atoms with Gasteiger partial charge in [0.2, 0.25) is 0 Å². The smallest absolute Gasteiger partial charge is 0.341 e. The van der Waals surface area contributed by atoms with Crippen LogP contribution in [-0.4, -0.2) is 38.6 Å². The molecule has 1 aliphatic rings. The maximum absolute atomic E-state index is 12.4. The molecule has 0 spiro atoms. The summed E-state index contributed by atoms with van der Waals surface area (Å²) in [7, 11) is 1.36. The summed E-state index contributed by atoms with van der Waals surface area (Å²) in [5, 5.41) is 3.53. The number of hydrogen-bond acceptors (Lipinski definition) is 4. The van der Waals surface area contributed by atoms with E-state index in [1.807, 2.05) is 13.8 Å². The van der Waals surface area contributed by atoms with Crippen LogP contribution in [0.5, 0.6) is 0 Å². The van der Waals surface area contributed by atoms with E-state index in [4.69, 9.17) is 4.74 Å². The Morgan fingerprint density at radius 2 is 1.87 bits per heavy atom. The van der Waals surface area contributed by atoms with Crippen LogP contribution in [0.3, 0.4) is 0 Å². The highest BCUT2D eigenvalue weighted by molar-refractivity contribution is 7.16. The molecule has 0 radical (unpaired) electrons. The molecule has 0 aromatic carbocycles. The number of quaternary nitrogens is 1. The van der Waals surface area contributed by atoms with Gasteiger partial charge in [0.15, 0.2) is 6.54 Å². The van der Waals surface area contributed by atoms with Gasteiger partial charge in [-0.3, -0.25) is 4.79 Å². The van der Waals surface area contributed by atoms with Gasteiger partial charge in [-0.25, -0.2) is 4.79 Å². The Morgan fingerprint density at radius 3 is 2.43 bits per heavy atom. The maximum atomic E-state index is 12.4. The largest absolute Gasteiger partial charge is 0.465 e. The van der Waals surface area contributed by atoms with Crippen LogP contribution >= 0.6 is 11.3 Å².